The Morgan fingerprint density at radius 2 is 1.87 bits per heavy atom. The first-order chi connectivity index (χ1) is 14.8. The number of ether oxygens (including phenoxy) is 1. The van der Waals surface area contributed by atoms with Gasteiger partial charge in [-0.3, -0.25) is 19.7 Å². The third kappa shape index (κ3) is 4.60. The summed E-state index contributed by atoms with van der Waals surface area (Å²) in [5.74, 6) is -2.96. The number of non-ortho nitro benzene ring substituents is 1. The largest absolute Gasteiger partial charge is 0.507 e. The SMILES string of the molecule is O=C1C(=O)N(CCOCCO)[C@@H](c2ccc(F)cc2)/C1=C(\O)c1cccc([N+](=O)[O-])c1. The molecule has 1 fully saturated rings. The molecule has 1 amide bonds. The normalized spacial score (nSPS) is 17.9. The van der Waals surface area contributed by atoms with Crippen molar-refractivity contribution in [2.45, 2.75) is 6.04 Å². The summed E-state index contributed by atoms with van der Waals surface area (Å²) >= 11 is 0. The molecule has 0 aliphatic carbocycles. The minimum atomic E-state index is -1.04. The van der Waals surface area contributed by atoms with Gasteiger partial charge in [-0.2, -0.15) is 0 Å². The van der Waals surface area contributed by atoms with E-state index in [4.69, 9.17) is 9.84 Å². The molecule has 1 saturated heterocycles. The number of aliphatic hydroxyl groups excluding tert-OH is 2. The number of ketones is 1. The van der Waals surface area contributed by atoms with Gasteiger partial charge in [0, 0.05) is 24.2 Å². The van der Waals surface area contributed by atoms with Gasteiger partial charge in [-0.15, -0.1) is 0 Å². The lowest BCUT2D eigenvalue weighted by atomic mass is 9.95. The van der Waals surface area contributed by atoms with E-state index in [1.807, 2.05) is 0 Å². The summed E-state index contributed by atoms with van der Waals surface area (Å²) in [6, 6.07) is 9.08. The molecule has 31 heavy (non-hydrogen) atoms. The molecule has 1 aliphatic rings. The zero-order chi connectivity index (χ0) is 22.5. The van der Waals surface area contributed by atoms with Crippen molar-refractivity contribution in [3.8, 4) is 0 Å². The number of Topliss-reactive ketones (excluding diaryl/α,β-unsaturated/α-hetero) is 1. The zero-order valence-electron chi connectivity index (χ0n) is 16.2. The van der Waals surface area contributed by atoms with Gasteiger partial charge in [-0.05, 0) is 17.7 Å². The standard InChI is InChI=1S/C21H19FN2O7/c22-15-6-4-13(5-7-15)18-17(19(26)14-2-1-3-16(12-14)24(29)30)20(27)21(28)23(18)8-10-31-11-9-25/h1-7,12,18,25-26H,8-11H2/b19-17+/t18-/m0/s1. The molecule has 9 nitrogen and oxygen atoms in total. The lowest BCUT2D eigenvalue weighted by molar-refractivity contribution is -0.384. The summed E-state index contributed by atoms with van der Waals surface area (Å²) in [6.45, 7) is -0.188. The number of likely N-dealkylation sites (tertiary alicyclic amines) is 1. The fourth-order valence-corrected chi connectivity index (χ4v) is 3.35. The van der Waals surface area contributed by atoms with Crippen molar-refractivity contribution in [1.29, 1.82) is 0 Å². The predicted molar refractivity (Wildman–Crippen MR) is 106 cm³/mol. The number of aliphatic hydroxyl groups is 2. The molecule has 0 bridgehead atoms. The Hall–Kier alpha value is -3.63. The topological polar surface area (TPSA) is 130 Å². The molecule has 2 aromatic rings. The van der Waals surface area contributed by atoms with Crippen LogP contribution in [0.1, 0.15) is 17.2 Å². The molecule has 0 aromatic heterocycles. The van der Waals surface area contributed by atoms with Crippen LogP contribution in [0.15, 0.2) is 54.1 Å². The van der Waals surface area contributed by atoms with Crippen LogP contribution in [-0.4, -0.2) is 58.1 Å². The van der Waals surface area contributed by atoms with Crippen LogP contribution >= 0.6 is 0 Å². The van der Waals surface area contributed by atoms with Gasteiger partial charge in [0.05, 0.1) is 36.4 Å². The number of amides is 1. The van der Waals surface area contributed by atoms with Crippen molar-refractivity contribution in [3.05, 3.63) is 81.2 Å². The maximum absolute atomic E-state index is 13.4. The van der Waals surface area contributed by atoms with Crippen molar-refractivity contribution < 1.29 is 33.9 Å². The lowest BCUT2D eigenvalue weighted by Crippen LogP contribution is -2.33. The summed E-state index contributed by atoms with van der Waals surface area (Å²) in [5, 5.41) is 30.7. The van der Waals surface area contributed by atoms with Gasteiger partial charge >= 0.3 is 0 Å². The molecule has 2 aromatic carbocycles. The number of nitrogens with zero attached hydrogens (tertiary/aromatic N) is 2. The van der Waals surface area contributed by atoms with Gasteiger partial charge in [-0.25, -0.2) is 4.39 Å². The Kier molecular flexibility index (Phi) is 6.73. The Morgan fingerprint density at radius 3 is 2.52 bits per heavy atom. The van der Waals surface area contributed by atoms with Gasteiger partial charge < -0.3 is 19.8 Å². The van der Waals surface area contributed by atoms with E-state index in [2.05, 4.69) is 0 Å². The molecule has 0 spiro atoms. The second-order valence-electron chi connectivity index (χ2n) is 6.69. The van der Waals surface area contributed by atoms with E-state index in [1.54, 1.807) is 0 Å². The molecule has 10 heteroatoms. The van der Waals surface area contributed by atoms with Crippen LogP contribution in [0.2, 0.25) is 0 Å². The van der Waals surface area contributed by atoms with E-state index in [0.29, 0.717) is 5.56 Å². The molecular weight excluding hydrogens is 411 g/mol. The number of halogens is 1. The Morgan fingerprint density at radius 1 is 1.16 bits per heavy atom. The zero-order valence-corrected chi connectivity index (χ0v) is 16.2. The third-order valence-electron chi connectivity index (χ3n) is 4.77. The van der Waals surface area contributed by atoms with E-state index < -0.39 is 34.2 Å². The van der Waals surface area contributed by atoms with E-state index in [-0.39, 0.29) is 43.2 Å². The molecule has 162 valence electrons. The second-order valence-corrected chi connectivity index (χ2v) is 6.69. The summed E-state index contributed by atoms with van der Waals surface area (Å²) in [7, 11) is 0. The smallest absolute Gasteiger partial charge is 0.295 e. The molecule has 1 aliphatic heterocycles. The van der Waals surface area contributed by atoms with Gasteiger partial charge in [0.25, 0.3) is 17.4 Å². The average Bonchev–Trinajstić information content (AvgIpc) is 3.01. The van der Waals surface area contributed by atoms with E-state index >= 15 is 0 Å². The molecule has 0 saturated carbocycles. The monoisotopic (exact) mass is 430 g/mol. The summed E-state index contributed by atoms with van der Waals surface area (Å²) in [5.41, 5.74) is -0.196. The van der Waals surface area contributed by atoms with Gasteiger partial charge in [0.15, 0.2) is 0 Å². The van der Waals surface area contributed by atoms with Crippen LogP contribution in [0.3, 0.4) is 0 Å². The number of hydrogen-bond donors (Lipinski definition) is 2. The van der Waals surface area contributed by atoms with Crippen molar-refractivity contribution in [1.82, 2.24) is 4.90 Å². The van der Waals surface area contributed by atoms with Gasteiger partial charge in [-0.1, -0.05) is 24.3 Å². The van der Waals surface area contributed by atoms with Gasteiger partial charge in [0.1, 0.15) is 11.6 Å². The van der Waals surface area contributed by atoms with E-state index in [1.165, 1.54) is 35.2 Å². The van der Waals surface area contributed by atoms with E-state index in [0.717, 1.165) is 18.2 Å². The first-order valence-electron chi connectivity index (χ1n) is 9.32. The number of rotatable bonds is 8. The minimum Gasteiger partial charge on any atom is -0.507 e. The highest BCUT2D eigenvalue weighted by Gasteiger charge is 2.46. The van der Waals surface area contributed by atoms with Crippen molar-refractivity contribution in [2.75, 3.05) is 26.4 Å². The number of hydrogen-bond acceptors (Lipinski definition) is 7. The fourth-order valence-electron chi connectivity index (χ4n) is 3.35. The highest BCUT2D eigenvalue weighted by molar-refractivity contribution is 6.46. The number of carbonyl (C=O) groups excluding carboxylic acids is 2. The summed E-state index contributed by atoms with van der Waals surface area (Å²) in [6.07, 6.45) is 0. The minimum absolute atomic E-state index is 0.00385. The number of carbonyl (C=O) groups is 2. The quantitative estimate of drug-likeness (QED) is 0.164. The molecule has 0 radical (unpaired) electrons. The van der Waals surface area contributed by atoms with Crippen LogP contribution in [0.4, 0.5) is 10.1 Å². The molecular formula is C21H19FN2O7. The van der Waals surface area contributed by atoms with Gasteiger partial charge in [0.2, 0.25) is 0 Å². The maximum atomic E-state index is 13.4. The molecule has 0 unspecified atom stereocenters. The Balaban J connectivity index is 2.09. The molecule has 2 N–H and O–H groups in total. The van der Waals surface area contributed by atoms with Crippen LogP contribution in [-0.2, 0) is 14.3 Å². The van der Waals surface area contributed by atoms with Crippen molar-refractivity contribution in [3.63, 3.8) is 0 Å². The highest BCUT2D eigenvalue weighted by atomic mass is 19.1. The van der Waals surface area contributed by atoms with Crippen LogP contribution in [0.25, 0.3) is 5.76 Å². The average molecular weight is 430 g/mol. The number of nitro groups is 1. The van der Waals surface area contributed by atoms with Crippen molar-refractivity contribution in [2.24, 2.45) is 0 Å². The van der Waals surface area contributed by atoms with Crippen molar-refractivity contribution >= 4 is 23.1 Å². The van der Waals surface area contributed by atoms with Crippen LogP contribution in [0, 0.1) is 15.9 Å². The Labute approximate surface area is 176 Å². The lowest BCUT2D eigenvalue weighted by Gasteiger charge is -2.25. The van der Waals surface area contributed by atoms with E-state index in [9.17, 15) is 29.2 Å². The summed E-state index contributed by atoms with van der Waals surface area (Å²) in [4.78, 5) is 37.1. The molecule has 3 rings (SSSR count). The maximum Gasteiger partial charge on any atom is 0.295 e. The number of nitro benzene ring substituents is 1. The Bertz CT molecular complexity index is 1040. The highest BCUT2D eigenvalue weighted by Crippen LogP contribution is 2.39. The third-order valence-corrected chi connectivity index (χ3v) is 4.77. The second kappa shape index (κ2) is 9.45. The fraction of sp³-hybridized carbons (Fsp3) is 0.238. The summed E-state index contributed by atoms with van der Waals surface area (Å²) < 4.78 is 18.6. The first-order valence-corrected chi connectivity index (χ1v) is 9.32. The van der Waals surface area contributed by atoms with Crippen LogP contribution < -0.4 is 0 Å². The number of benzene rings is 2. The first kappa shape index (κ1) is 22.1. The predicted octanol–water partition coefficient (Wildman–Crippen LogP) is 2.16. The molecule has 1 atom stereocenters. The van der Waals surface area contributed by atoms with Crippen LogP contribution in [0.5, 0.6) is 0 Å². The molecule has 1 heterocycles.